The molecule has 0 aromatic rings. The zero-order valence-corrected chi connectivity index (χ0v) is 6.94. The number of aliphatic imine (C=N–C) groups is 1. The fraction of sp³-hybridized carbons (Fsp3) is 0.667. The second kappa shape index (κ2) is 3.55. The quantitative estimate of drug-likeness (QED) is 0.414. The first-order valence-electron chi connectivity index (χ1n) is 3.09. The average Bonchev–Trinajstić information content (AvgIpc) is 1.85. The summed E-state index contributed by atoms with van der Waals surface area (Å²) in [4.78, 5) is 14.4. The van der Waals surface area contributed by atoms with Crippen molar-refractivity contribution in [2.75, 3.05) is 14.1 Å². The molecule has 0 radical (unpaired) electrons. The Morgan fingerprint density at radius 1 is 1.33 bits per heavy atom. The average molecular weight is 182 g/mol. The summed E-state index contributed by atoms with van der Waals surface area (Å²) in [6.07, 6.45) is -4.88. The summed E-state index contributed by atoms with van der Waals surface area (Å²) in [5.74, 6) is -2.05. The molecule has 0 aromatic carbocycles. The summed E-state index contributed by atoms with van der Waals surface area (Å²) in [6.45, 7) is 1.32. The van der Waals surface area contributed by atoms with E-state index >= 15 is 0 Å². The molecular weight excluding hydrogens is 173 g/mol. The van der Waals surface area contributed by atoms with E-state index in [1.165, 1.54) is 25.9 Å². The first-order valence-corrected chi connectivity index (χ1v) is 3.09. The van der Waals surface area contributed by atoms with Gasteiger partial charge in [0.05, 0.1) is 0 Å². The maximum Gasteiger partial charge on any atom is 0.473 e. The molecule has 0 N–H and O–H groups in total. The van der Waals surface area contributed by atoms with Crippen molar-refractivity contribution in [2.45, 2.75) is 13.1 Å². The fourth-order valence-electron chi connectivity index (χ4n) is 0.310. The molecule has 0 aliphatic heterocycles. The zero-order chi connectivity index (χ0) is 9.94. The summed E-state index contributed by atoms with van der Waals surface area (Å²) in [5.41, 5.74) is 0. The Bertz CT molecular complexity index is 207. The third-order valence-electron chi connectivity index (χ3n) is 1.15. The van der Waals surface area contributed by atoms with Gasteiger partial charge in [-0.05, 0) is 6.92 Å². The number of hydrogen-bond donors (Lipinski definition) is 0. The SMILES string of the molecule is CC(=NC(=O)C(F)(F)F)N(C)C. The van der Waals surface area contributed by atoms with Crippen LogP contribution in [0, 0.1) is 0 Å². The molecule has 0 rings (SSSR count). The molecule has 0 fully saturated rings. The van der Waals surface area contributed by atoms with Crippen LogP contribution in [-0.2, 0) is 4.79 Å². The van der Waals surface area contributed by atoms with Crippen molar-refractivity contribution in [2.24, 2.45) is 4.99 Å². The fourth-order valence-corrected chi connectivity index (χ4v) is 0.310. The largest absolute Gasteiger partial charge is 0.473 e. The molecule has 0 bridgehead atoms. The number of halogens is 3. The topological polar surface area (TPSA) is 32.7 Å². The highest BCUT2D eigenvalue weighted by atomic mass is 19.4. The minimum absolute atomic E-state index is 0.0253. The van der Waals surface area contributed by atoms with Crippen molar-refractivity contribution in [1.29, 1.82) is 0 Å². The number of hydrogen-bond acceptors (Lipinski definition) is 1. The van der Waals surface area contributed by atoms with Gasteiger partial charge in [-0.2, -0.15) is 18.2 Å². The molecular formula is C6H9F3N2O. The van der Waals surface area contributed by atoms with E-state index < -0.39 is 12.1 Å². The molecule has 0 unspecified atom stereocenters. The number of amidine groups is 1. The lowest BCUT2D eigenvalue weighted by Gasteiger charge is -2.10. The second-order valence-electron chi connectivity index (χ2n) is 2.36. The van der Waals surface area contributed by atoms with Gasteiger partial charge in [0.25, 0.3) is 0 Å². The van der Waals surface area contributed by atoms with Crippen LogP contribution in [0.5, 0.6) is 0 Å². The highest BCUT2D eigenvalue weighted by molar-refractivity contribution is 5.95. The Hall–Kier alpha value is -1.07. The Morgan fingerprint density at radius 3 is 2.00 bits per heavy atom. The van der Waals surface area contributed by atoms with Crippen LogP contribution >= 0.6 is 0 Å². The van der Waals surface area contributed by atoms with Crippen molar-refractivity contribution < 1.29 is 18.0 Å². The van der Waals surface area contributed by atoms with Crippen LogP contribution in [0.25, 0.3) is 0 Å². The second-order valence-corrected chi connectivity index (χ2v) is 2.36. The highest BCUT2D eigenvalue weighted by Crippen LogP contribution is 2.16. The summed E-state index contributed by atoms with van der Waals surface area (Å²) >= 11 is 0. The standard InChI is InChI=1S/C6H9F3N2O/c1-4(11(2)3)10-5(12)6(7,8)9/h1-3H3. The smallest absolute Gasteiger partial charge is 0.366 e. The minimum atomic E-state index is -4.88. The highest BCUT2D eigenvalue weighted by Gasteiger charge is 2.38. The molecule has 0 saturated heterocycles. The minimum Gasteiger partial charge on any atom is -0.366 e. The molecule has 0 aromatic heterocycles. The van der Waals surface area contributed by atoms with Crippen molar-refractivity contribution in [1.82, 2.24) is 4.90 Å². The van der Waals surface area contributed by atoms with Crippen molar-refractivity contribution in [3.63, 3.8) is 0 Å². The van der Waals surface area contributed by atoms with Gasteiger partial charge in [-0.15, -0.1) is 0 Å². The van der Waals surface area contributed by atoms with Gasteiger partial charge in [0.1, 0.15) is 5.84 Å². The number of amides is 1. The van der Waals surface area contributed by atoms with Crippen molar-refractivity contribution in [3.05, 3.63) is 0 Å². The molecule has 1 amide bonds. The van der Waals surface area contributed by atoms with E-state index in [0.717, 1.165) is 0 Å². The van der Waals surface area contributed by atoms with Gasteiger partial charge < -0.3 is 4.90 Å². The monoisotopic (exact) mass is 182 g/mol. The lowest BCUT2D eigenvalue weighted by atomic mass is 10.5. The summed E-state index contributed by atoms with van der Waals surface area (Å²) in [6, 6.07) is 0. The van der Waals surface area contributed by atoms with E-state index in [0.29, 0.717) is 0 Å². The van der Waals surface area contributed by atoms with Crippen LogP contribution < -0.4 is 0 Å². The summed E-state index contributed by atoms with van der Waals surface area (Å²) < 4.78 is 34.8. The molecule has 0 atom stereocenters. The molecule has 0 heterocycles. The van der Waals surface area contributed by atoms with Gasteiger partial charge >= 0.3 is 12.1 Å². The molecule has 70 valence electrons. The van der Waals surface area contributed by atoms with Crippen LogP contribution in [0.1, 0.15) is 6.92 Å². The lowest BCUT2D eigenvalue weighted by molar-refractivity contribution is -0.169. The van der Waals surface area contributed by atoms with Crippen LogP contribution in [0.2, 0.25) is 0 Å². The predicted octanol–water partition coefficient (Wildman–Crippen LogP) is 1.06. The Morgan fingerprint density at radius 2 is 1.75 bits per heavy atom. The molecule has 0 aliphatic rings. The van der Waals surface area contributed by atoms with Gasteiger partial charge in [-0.25, -0.2) is 0 Å². The van der Waals surface area contributed by atoms with Gasteiger partial charge in [-0.3, -0.25) is 4.79 Å². The number of carbonyl (C=O) groups excluding carboxylic acids is 1. The van der Waals surface area contributed by atoms with E-state index in [1.54, 1.807) is 0 Å². The van der Waals surface area contributed by atoms with Crippen molar-refractivity contribution >= 4 is 11.7 Å². The number of alkyl halides is 3. The number of rotatable bonds is 0. The normalized spacial score (nSPS) is 13.0. The maximum absolute atomic E-state index is 11.6. The van der Waals surface area contributed by atoms with Gasteiger partial charge in [-0.1, -0.05) is 0 Å². The van der Waals surface area contributed by atoms with Crippen LogP contribution in [-0.4, -0.2) is 36.9 Å². The third-order valence-corrected chi connectivity index (χ3v) is 1.15. The van der Waals surface area contributed by atoms with E-state index in [9.17, 15) is 18.0 Å². The number of carbonyl (C=O) groups is 1. The summed E-state index contributed by atoms with van der Waals surface area (Å²) in [5, 5.41) is 0. The van der Waals surface area contributed by atoms with E-state index in [-0.39, 0.29) is 5.84 Å². The Labute approximate surface area is 67.9 Å². The van der Waals surface area contributed by atoms with Crippen LogP contribution in [0.4, 0.5) is 13.2 Å². The Balaban J connectivity index is 4.46. The summed E-state index contributed by atoms with van der Waals surface area (Å²) in [7, 11) is 3.00. The van der Waals surface area contributed by atoms with E-state index in [1.807, 2.05) is 0 Å². The third kappa shape index (κ3) is 3.36. The molecule has 12 heavy (non-hydrogen) atoms. The van der Waals surface area contributed by atoms with Crippen molar-refractivity contribution in [3.8, 4) is 0 Å². The molecule has 0 spiro atoms. The molecule has 0 saturated carbocycles. The first kappa shape index (κ1) is 10.9. The van der Waals surface area contributed by atoms with Crippen LogP contribution in [0.15, 0.2) is 4.99 Å². The van der Waals surface area contributed by atoms with E-state index in [2.05, 4.69) is 4.99 Å². The maximum atomic E-state index is 11.6. The van der Waals surface area contributed by atoms with Gasteiger partial charge in [0.15, 0.2) is 0 Å². The van der Waals surface area contributed by atoms with Crippen LogP contribution in [0.3, 0.4) is 0 Å². The van der Waals surface area contributed by atoms with E-state index in [4.69, 9.17) is 0 Å². The molecule has 0 aliphatic carbocycles. The molecule has 3 nitrogen and oxygen atoms in total. The lowest BCUT2D eigenvalue weighted by Crippen LogP contribution is -2.26. The number of nitrogens with zero attached hydrogens (tertiary/aromatic N) is 2. The predicted molar refractivity (Wildman–Crippen MR) is 37.9 cm³/mol. The first-order chi connectivity index (χ1) is 5.25. The Kier molecular flexibility index (Phi) is 3.24. The van der Waals surface area contributed by atoms with Gasteiger partial charge in [0.2, 0.25) is 0 Å². The molecule has 6 heteroatoms. The van der Waals surface area contributed by atoms with Gasteiger partial charge in [0, 0.05) is 14.1 Å². The zero-order valence-electron chi connectivity index (χ0n) is 6.94.